The smallest absolute Gasteiger partial charge is 0.322 e. The molecule has 0 aromatic heterocycles. The van der Waals surface area contributed by atoms with Gasteiger partial charge in [0.1, 0.15) is 6.04 Å². The van der Waals surface area contributed by atoms with Crippen LogP contribution in [0.1, 0.15) is 6.42 Å². The Morgan fingerprint density at radius 3 is 2.55 bits per heavy atom. The van der Waals surface area contributed by atoms with Crippen LogP contribution in [0.3, 0.4) is 0 Å². The van der Waals surface area contributed by atoms with Crippen LogP contribution >= 0.6 is 44.1 Å². The Labute approximate surface area is 87.2 Å². The summed E-state index contributed by atoms with van der Waals surface area (Å²) >= 11 is 7.70. The van der Waals surface area contributed by atoms with Crippen molar-refractivity contribution in [1.82, 2.24) is 2.95 Å². The molecule has 0 rings (SSSR count). The first-order chi connectivity index (χ1) is 5.09. The summed E-state index contributed by atoms with van der Waals surface area (Å²) in [5, 5.41) is 8.66. The van der Waals surface area contributed by atoms with Crippen molar-refractivity contribution in [2.75, 3.05) is 12.0 Å². The molecule has 0 aliphatic carbocycles. The number of carboxylic acids is 1. The minimum absolute atomic E-state index is 0.498. The molecule has 11 heavy (non-hydrogen) atoms. The number of carbonyl (C=O) groups is 1. The van der Waals surface area contributed by atoms with Gasteiger partial charge in [-0.05, 0) is 18.4 Å². The largest absolute Gasteiger partial charge is 0.480 e. The molecule has 6 heteroatoms. The zero-order valence-corrected chi connectivity index (χ0v) is 9.95. The fourth-order valence-electron chi connectivity index (χ4n) is 0.534. The Kier molecular flexibility index (Phi) is 6.70. The molecule has 0 heterocycles. The summed E-state index contributed by atoms with van der Waals surface area (Å²) in [5.41, 5.74) is 0. The van der Waals surface area contributed by atoms with Crippen molar-refractivity contribution in [2.45, 2.75) is 12.5 Å². The lowest BCUT2D eigenvalue weighted by molar-refractivity contribution is -0.139. The second kappa shape index (κ2) is 6.28. The number of rotatable bonds is 5. The monoisotopic (exact) mass is 305 g/mol. The predicted molar refractivity (Wildman–Crippen MR) is 54.1 cm³/mol. The van der Waals surface area contributed by atoms with Gasteiger partial charge in [-0.2, -0.15) is 14.7 Å². The third-order valence-corrected chi connectivity index (χ3v) is 2.75. The van der Waals surface area contributed by atoms with Crippen molar-refractivity contribution in [2.24, 2.45) is 0 Å². The minimum atomic E-state index is -0.826. The van der Waals surface area contributed by atoms with Crippen LogP contribution in [-0.4, -0.2) is 32.1 Å². The first-order valence-corrected chi connectivity index (χ1v) is 5.73. The maximum Gasteiger partial charge on any atom is 0.322 e. The van der Waals surface area contributed by atoms with E-state index in [1.54, 1.807) is 11.8 Å². The maximum atomic E-state index is 10.5. The molecule has 0 aliphatic heterocycles. The van der Waals surface area contributed by atoms with E-state index in [9.17, 15) is 4.79 Å². The fourth-order valence-corrected chi connectivity index (χ4v) is 1.75. The molecule has 0 spiro atoms. The third-order valence-electron chi connectivity index (χ3n) is 1.12. The van der Waals surface area contributed by atoms with E-state index in [2.05, 4.69) is 32.3 Å². The topological polar surface area (TPSA) is 40.5 Å². The average molecular weight is 307 g/mol. The van der Waals surface area contributed by atoms with Gasteiger partial charge in [-0.15, -0.1) is 0 Å². The number of aliphatic carboxylic acids is 1. The quantitative estimate of drug-likeness (QED) is 0.790. The molecule has 66 valence electrons. The number of nitrogens with zero attached hydrogens (tertiary/aromatic N) is 1. The molecule has 0 fully saturated rings. The molecular weight excluding hydrogens is 298 g/mol. The van der Waals surface area contributed by atoms with Gasteiger partial charge in [0.05, 0.1) is 0 Å². The molecule has 1 N–H and O–H groups in total. The lowest BCUT2D eigenvalue weighted by atomic mass is 10.2. The molecule has 0 aromatic carbocycles. The molecule has 0 radical (unpaired) electrons. The van der Waals surface area contributed by atoms with Crippen LogP contribution in [0.15, 0.2) is 0 Å². The molecule has 0 unspecified atom stereocenters. The van der Waals surface area contributed by atoms with Gasteiger partial charge in [-0.1, -0.05) is 0 Å². The van der Waals surface area contributed by atoms with Gasteiger partial charge in [-0.3, -0.25) is 4.79 Å². The van der Waals surface area contributed by atoms with E-state index in [0.29, 0.717) is 6.42 Å². The zero-order chi connectivity index (χ0) is 8.85. The van der Waals surface area contributed by atoms with Crippen molar-refractivity contribution in [3.05, 3.63) is 0 Å². The van der Waals surface area contributed by atoms with Gasteiger partial charge < -0.3 is 5.11 Å². The highest BCUT2D eigenvalue weighted by atomic mass is 79.9. The highest BCUT2D eigenvalue weighted by Gasteiger charge is 2.21. The van der Waals surface area contributed by atoms with Crippen LogP contribution < -0.4 is 0 Å². The molecule has 0 bridgehead atoms. The van der Waals surface area contributed by atoms with Crippen molar-refractivity contribution in [3.8, 4) is 0 Å². The van der Waals surface area contributed by atoms with E-state index in [0.717, 1.165) is 5.75 Å². The molecule has 0 aliphatic rings. The summed E-state index contributed by atoms with van der Waals surface area (Å²) in [7, 11) is 0. The standard InChI is InChI=1S/C5H9Br2NO2S/c1-11-3-2-4(5(9)10)8(6)7/h4H,2-3H2,1H3,(H,9,10)/t4-/m0/s1. The van der Waals surface area contributed by atoms with Crippen molar-refractivity contribution in [3.63, 3.8) is 0 Å². The Morgan fingerprint density at radius 1 is 1.73 bits per heavy atom. The van der Waals surface area contributed by atoms with Gasteiger partial charge in [-0.25, -0.2) is 0 Å². The first kappa shape index (κ1) is 11.7. The molecule has 0 saturated heterocycles. The van der Waals surface area contributed by atoms with Crippen LogP contribution in [0.2, 0.25) is 0 Å². The Hall–Kier alpha value is 0.740. The zero-order valence-electron chi connectivity index (χ0n) is 5.96. The van der Waals surface area contributed by atoms with Crippen LogP contribution in [0.4, 0.5) is 0 Å². The van der Waals surface area contributed by atoms with E-state index >= 15 is 0 Å². The summed E-state index contributed by atoms with van der Waals surface area (Å²) < 4.78 is 1.36. The van der Waals surface area contributed by atoms with Crippen molar-refractivity contribution >= 4 is 50.0 Å². The summed E-state index contributed by atoms with van der Waals surface area (Å²) in [6.45, 7) is 0. The summed E-state index contributed by atoms with van der Waals surface area (Å²) in [4.78, 5) is 10.5. The summed E-state index contributed by atoms with van der Waals surface area (Å²) in [6, 6.07) is -0.498. The SMILES string of the molecule is CSCC[C@@H](C(=O)O)N(Br)Br. The van der Waals surface area contributed by atoms with Crippen LogP contribution in [0.5, 0.6) is 0 Å². The van der Waals surface area contributed by atoms with Gasteiger partial charge in [0.15, 0.2) is 0 Å². The molecule has 1 atom stereocenters. The lowest BCUT2D eigenvalue weighted by Gasteiger charge is -2.14. The highest BCUT2D eigenvalue weighted by Crippen LogP contribution is 2.16. The summed E-state index contributed by atoms with van der Waals surface area (Å²) in [5.74, 6) is 0.0119. The normalized spacial score (nSPS) is 13.5. The van der Waals surface area contributed by atoms with Crippen LogP contribution in [0, 0.1) is 0 Å². The first-order valence-electron chi connectivity index (χ1n) is 2.92. The van der Waals surface area contributed by atoms with Crippen molar-refractivity contribution < 1.29 is 9.90 Å². The number of hydrogen-bond donors (Lipinski definition) is 1. The summed E-state index contributed by atoms with van der Waals surface area (Å²) in [6.07, 6.45) is 2.57. The second-order valence-electron chi connectivity index (χ2n) is 1.89. The number of hydrogen-bond acceptors (Lipinski definition) is 3. The predicted octanol–water partition coefficient (Wildman–Crippen LogP) is 2.11. The number of halogens is 2. The van der Waals surface area contributed by atoms with Gasteiger partial charge in [0.2, 0.25) is 0 Å². The highest BCUT2D eigenvalue weighted by molar-refractivity contribution is 9.21. The Balaban J connectivity index is 3.80. The molecule has 0 amide bonds. The molecular formula is C5H9Br2NO2S. The third kappa shape index (κ3) is 5.05. The maximum absolute atomic E-state index is 10.5. The van der Waals surface area contributed by atoms with Crippen molar-refractivity contribution in [1.29, 1.82) is 0 Å². The second-order valence-corrected chi connectivity index (χ2v) is 5.36. The molecule has 3 nitrogen and oxygen atoms in total. The molecule has 0 saturated carbocycles. The molecule has 0 aromatic rings. The number of thioether (sulfide) groups is 1. The number of carboxylic acid groups (broad SMARTS) is 1. The van der Waals surface area contributed by atoms with E-state index in [-0.39, 0.29) is 0 Å². The van der Waals surface area contributed by atoms with Gasteiger partial charge >= 0.3 is 5.97 Å². The lowest BCUT2D eigenvalue weighted by Crippen LogP contribution is -2.29. The van der Waals surface area contributed by atoms with Gasteiger partial charge in [0, 0.05) is 32.3 Å². The minimum Gasteiger partial charge on any atom is -0.480 e. The van der Waals surface area contributed by atoms with E-state index in [4.69, 9.17) is 5.11 Å². The Bertz CT molecular complexity index is 134. The van der Waals surface area contributed by atoms with Crippen LogP contribution in [-0.2, 0) is 4.79 Å². The Morgan fingerprint density at radius 2 is 2.27 bits per heavy atom. The van der Waals surface area contributed by atoms with E-state index < -0.39 is 12.0 Å². The fraction of sp³-hybridized carbons (Fsp3) is 0.800. The average Bonchev–Trinajstić information content (AvgIpc) is 1.87. The van der Waals surface area contributed by atoms with E-state index in [1.165, 1.54) is 2.95 Å². The van der Waals surface area contributed by atoms with Crippen LogP contribution in [0.25, 0.3) is 0 Å². The van der Waals surface area contributed by atoms with E-state index in [1.807, 2.05) is 6.26 Å². The van der Waals surface area contributed by atoms with Gasteiger partial charge in [0.25, 0.3) is 0 Å².